The molecule has 1 aromatic carbocycles. The zero-order chi connectivity index (χ0) is 16.5. The van der Waals surface area contributed by atoms with Crippen LogP contribution in [0.4, 0.5) is 0 Å². The molecule has 1 saturated carbocycles. The summed E-state index contributed by atoms with van der Waals surface area (Å²) in [4.78, 5) is 17.5. The molecule has 1 N–H and O–H groups in total. The second kappa shape index (κ2) is 6.65. The van der Waals surface area contributed by atoms with E-state index >= 15 is 0 Å². The number of fused-ring (bicyclic) bond motifs is 1. The number of carbonyl (C=O) groups is 1. The number of hydrogen-bond acceptors (Lipinski definition) is 4. The number of thioether (sulfide) groups is 1. The van der Waals surface area contributed by atoms with Crippen LogP contribution in [0.5, 0.6) is 5.75 Å². The molecule has 4 nitrogen and oxygen atoms in total. The molecule has 0 bridgehead atoms. The lowest BCUT2D eigenvalue weighted by molar-refractivity contribution is -0.115. The summed E-state index contributed by atoms with van der Waals surface area (Å²) in [6.45, 7) is 0.446. The van der Waals surface area contributed by atoms with E-state index in [0.29, 0.717) is 22.6 Å². The van der Waals surface area contributed by atoms with Crippen LogP contribution < -0.4 is 10.1 Å². The van der Waals surface area contributed by atoms with Crippen molar-refractivity contribution in [3.05, 3.63) is 45.3 Å². The van der Waals surface area contributed by atoms with Crippen molar-refractivity contribution in [3.8, 4) is 5.75 Å². The van der Waals surface area contributed by atoms with Gasteiger partial charge < -0.3 is 10.1 Å². The molecule has 3 aliphatic rings. The van der Waals surface area contributed by atoms with Gasteiger partial charge in [-0.15, -0.1) is 0 Å². The highest BCUT2D eigenvalue weighted by Crippen LogP contribution is 2.32. The smallest absolute Gasteiger partial charge is 0.264 e. The number of carbonyl (C=O) groups excluding carboxylic acids is 1. The molecule has 0 spiro atoms. The summed E-state index contributed by atoms with van der Waals surface area (Å²) in [6, 6.07) is 5.90. The van der Waals surface area contributed by atoms with Crippen LogP contribution in [0, 0.1) is 0 Å². The van der Waals surface area contributed by atoms with Crippen LogP contribution in [0.1, 0.15) is 31.2 Å². The largest absolute Gasteiger partial charge is 0.488 e. The molecule has 124 valence electrons. The number of benzene rings is 1. The topological polar surface area (TPSA) is 50.7 Å². The van der Waals surface area contributed by atoms with E-state index < -0.39 is 0 Å². The Hall–Kier alpha value is -1.72. The van der Waals surface area contributed by atoms with Crippen molar-refractivity contribution in [2.75, 3.05) is 6.61 Å². The Balaban J connectivity index is 1.54. The summed E-state index contributed by atoms with van der Waals surface area (Å²) in [5, 5.41) is 4.25. The number of rotatable bonds is 2. The first kappa shape index (κ1) is 15.8. The number of amides is 1. The molecule has 0 atom stereocenters. The Labute approximate surface area is 150 Å². The summed E-state index contributed by atoms with van der Waals surface area (Å²) >= 11 is 7.45. The number of aliphatic imine (C=N–C) groups is 1. The van der Waals surface area contributed by atoms with Crippen LogP contribution in [0.25, 0.3) is 6.08 Å². The van der Waals surface area contributed by atoms with Gasteiger partial charge in [0.1, 0.15) is 12.4 Å². The highest BCUT2D eigenvalue weighted by Gasteiger charge is 2.26. The monoisotopic (exact) mass is 360 g/mol. The van der Waals surface area contributed by atoms with Crippen LogP contribution in [-0.4, -0.2) is 23.7 Å². The Morgan fingerprint density at radius 1 is 1.33 bits per heavy atom. The minimum atomic E-state index is -0.0884. The van der Waals surface area contributed by atoms with E-state index in [2.05, 4.69) is 10.3 Å². The van der Waals surface area contributed by atoms with E-state index in [4.69, 9.17) is 16.3 Å². The third-order valence-corrected chi connectivity index (χ3v) is 5.46. The van der Waals surface area contributed by atoms with Gasteiger partial charge in [-0.25, -0.2) is 0 Å². The molecule has 1 aromatic rings. The van der Waals surface area contributed by atoms with E-state index in [1.807, 2.05) is 30.4 Å². The van der Waals surface area contributed by atoms with Gasteiger partial charge in [-0.2, -0.15) is 0 Å². The fourth-order valence-corrected chi connectivity index (χ4v) is 4.19. The van der Waals surface area contributed by atoms with Gasteiger partial charge >= 0.3 is 0 Å². The number of amidine groups is 1. The number of nitrogens with one attached hydrogen (secondary N) is 1. The van der Waals surface area contributed by atoms with Crippen LogP contribution in [0.2, 0.25) is 5.02 Å². The molecule has 1 aliphatic carbocycles. The molecule has 0 aromatic heterocycles. The Morgan fingerprint density at radius 2 is 2.17 bits per heavy atom. The molecule has 0 unspecified atom stereocenters. The van der Waals surface area contributed by atoms with Crippen molar-refractivity contribution in [1.82, 2.24) is 5.32 Å². The van der Waals surface area contributed by atoms with Gasteiger partial charge in [0, 0.05) is 10.6 Å². The van der Waals surface area contributed by atoms with E-state index in [1.54, 1.807) is 0 Å². The fraction of sp³-hybridized carbons (Fsp3) is 0.333. The average Bonchev–Trinajstić information content (AvgIpc) is 3.18. The second-order valence-electron chi connectivity index (χ2n) is 6.13. The third-order valence-electron chi connectivity index (χ3n) is 4.30. The maximum absolute atomic E-state index is 12.2. The van der Waals surface area contributed by atoms with Gasteiger partial charge in [-0.05, 0) is 60.5 Å². The van der Waals surface area contributed by atoms with Crippen molar-refractivity contribution < 1.29 is 9.53 Å². The highest BCUT2D eigenvalue weighted by molar-refractivity contribution is 8.18. The van der Waals surface area contributed by atoms with Crippen molar-refractivity contribution >= 4 is 40.5 Å². The number of halogens is 1. The van der Waals surface area contributed by atoms with Gasteiger partial charge in [0.2, 0.25) is 0 Å². The molecule has 4 rings (SSSR count). The van der Waals surface area contributed by atoms with E-state index in [9.17, 15) is 4.79 Å². The van der Waals surface area contributed by atoms with E-state index in [0.717, 1.165) is 34.9 Å². The number of ether oxygens (including phenoxy) is 1. The van der Waals surface area contributed by atoms with Gasteiger partial charge in [0.05, 0.1) is 10.9 Å². The molecule has 2 fully saturated rings. The first-order chi connectivity index (χ1) is 11.7. The van der Waals surface area contributed by atoms with Crippen molar-refractivity contribution in [2.45, 2.75) is 31.7 Å². The van der Waals surface area contributed by atoms with Crippen LogP contribution >= 0.6 is 23.4 Å². The molecule has 24 heavy (non-hydrogen) atoms. The van der Waals surface area contributed by atoms with Gasteiger partial charge in [0.25, 0.3) is 5.91 Å². The zero-order valence-electron chi connectivity index (χ0n) is 13.0. The summed E-state index contributed by atoms with van der Waals surface area (Å²) in [6.07, 6.45) is 8.59. The van der Waals surface area contributed by atoms with Crippen LogP contribution in [-0.2, 0) is 4.79 Å². The Kier molecular flexibility index (Phi) is 4.37. The minimum absolute atomic E-state index is 0.0884. The Morgan fingerprint density at radius 3 is 3.00 bits per heavy atom. The predicted molar refractivity (Wildman–Crippen MR) is 98.4 cm³/mol. The summed E-state index contributed by atoms with van der Waals surface area (Å²) < 4.78 is 5.73. The molecule has 6 heteroatoms. The van der Waals surface area contributed by atoms with Crippen LogP contribution in [0.15, 0.2) is 39.7 Å². The molecular weight excluding hydrogens is 344 g/mol. The Bertz CT molecular complexity index is 779. The van der Waals surface area contributed by atoms with Crippen molar-refractivity contribution in [1.29, 1.82) is 0 Å². The molecule has 1 amide bonds. The fourth-order valence-electron chi connectivity index (χ4n) is 3.11. The first-order valence-corrected chi connectivity index (χ1v) is 9.28. The molecule has 2 heterocycles. The quantitative estimate of drug-likeness (QED) is 0.805. The SMILES string of the molecule is O=C1NC(=NC2CCCC2)S/C1=C\C1=Cc2cc(Cl)ccc2OC1. The van der Waals surface area contributed by atoms with Crippen molar-refractivity contribution in [3.63, 3.8) is 0 Å². The average molecular weight is 361 g/mol. The lowest BCUT2D eigenvalue weighted by Gasteiger charge is -2.16. The standard InChI is InChI=1S/C18H17ClN2O2S/c19-13-5-6-15-12(9-13)7-11(10-23-15)8-16-17(22)21-18(24-16)20-14-3-1-2-4-14/h5-9,14H,1-4,10H2,(H,20,21,22)/b16-8-. The van der Waals surface area contributed by atoms with E-state index in [-0.39, 0.29) is 5.91 Å². The molecular formula is C18H17ClN2O2S. The number of hydrogen-bond donors (Lipinski definition) is 1. The highest BCUT2D eigenvalue weighted by atomic mass is 35.5. The zero-order valence-corrected chi connectivity index (χ0v) is 14.6. The summed E-state index contributed by atoms with van der Waals surface area (Å²) in [5.74, 6) is 0.725. The maximum atomic E-state index is 12.2. The lowest BCUT2D eigenvalue weighted by Crippen LogP contribution is -2.21. The van der Waals surface area contributed by atoms with E-state index in [1.165, 1.54) is 24.6 Å². The molecule has 0 radical (unpaired) electrons. The number of nitrogens with zero attached hydrogens (tertiary/aromatic N) is 1. The third kappa shape index (κ3) is 3.37. The molecule has 1 saturated heterocycles. The van der Waals surface area contributed by atoms with Gasteiger partial charge in [-0.1, -0.05) is 24.4 Å². The maximum Gasteiger partial charge on any atom is 0.264 e. The van der Waals surface area contributed by atoms with Crippen molar-refractivity contribution in [2.24, 2.45) is 4.99 Å². The first-order valence-electron chi connectivity index (χ1n) is 8.09. The van der Waals surface area contributed by atoms with Gasteiger partial charge in [-0.3, -0.25) is 9.79 Å². The predicted octanol–water partition coefficient (Wildman–Crippen LogP) is 4.16. The van der Waals surface area contributed by atoms with Gasteiger partial charge in [0.15, 0.2) is 5.17 Å². The minimum Gasteiger partial charge on any atom is -0.488 e. The summed E-state index contributed by atoms with van der Waals surface area (Å²) in [5.41, 5.74) is 1.88. The summed E-state index contributed by atoms with van der Waals surface area (Å²) in [7, 11) is 0. The molecule has 2 aliphatic heterocycles. The van der Waals surface area contributed by atoms with Crippen LogP contribution in [0.3, 0.4) is 0 Å². The normalized spacial score (nSPS) is 24.0. The lowest BCUT2D eigenvalue weighted by atomic mass is 10.1. The second-order valence-corrected chi connectivity index (χ2v) is 7.59.